The molecule has 2 rings (SSSR count). The Labute approximate surface area is 118 Å². The van der Waals surface area contributed by atoms with Gasteiger partial charge in [0, 0.05) is 26.1 Å². The zero-order chi connectivity index (χ0) is 14.5. The molecule has 1 atom stereocenters. The molecule has 110 valence electrons. The summed E-state index contributed by atoms with van der Waals surface area (Å²) in [7, 11) is 0. The first-order valence-electron chi connectivity index (χ1n) is 7.08. The van der Waals surface area contributed by atoms with Gasteiger partial charge < -0.3 is 9.80 Å². The van der Waals surface area contributed by atoms with Gasteiger partial charge >= 0.3 is 0 Å². The summed E-state index contributed by atoms with van der Waals surface area (Å²) in [6.07, 6.45) is 4.04. The Kier molecular flexibility index (Phi) is 4.70. The largest absolute Gasteiger partial charge is 0.339 e. The van der Waals surface area contributed by atoms with Crippen LogP contribution < -0.4 is 0 Å². The summed E-state index contributed by atoms with van der Waals surface area (Å²) in [4.78, 5) is 31.9. The van der Waals surface area contributed by atoms with Crippen LogP contribution in [-0.4, -0.2) is 62.1 Å². The van der Waals surface area contributed by atoms with Crippen LogP contribution in [0.5, 0.6) is 0 Å². The van der Waals surface area contributed by atoms with Gasteiger partial charge in [0.05, 0.1) is 6.54 Å². The second-order valence-corrected chi connectivity index (χ2v) is 4.84. The van der Waals surface area contributed by atoms with E-state index >= 15 is 0 Å². The van der Waals surface area contributed by atoms with Gasteiger partial charge in [-0.05, 0) is 13.3 Å². The molecule has 2 amide bonds. The second-order valence-electron chi connectivity index (χ2n) is 4.84. The van der Waals surface area contributed by atoms with Gasteiger partial charge in [0.2, 0.25) is 11.8 Å². The number of carbonyl (C=O) groups excluding carboxylic acids is 2. The fourth-order valence-electron chi connectivity index (χ4n) is 2.55. The van der Waals surface area contributed by atoms with Crippen molar-refractivity contribution in [1.29, 1.82) is 0 Å². The number of hydrogen-bond donors (Lipinski definition) is 0. The number of aromatic nitrogens is 3. The van der Waals surface area contributed by atoms with Crippen molar-refractivity contribution in [2.75, 3.05) is 19.6 Å². The first-order valence-corrected chi connectivity index (χ1v) is 7.08. The molecule has 0 aromatic carbocycles. The Bertz CT molecular complexity index is 459. The van der Waals surface area contributed by atoms with Crippen LogP contribution in [0.3, 0.4) is 0 Å². The van der Waals surface area contributed by atoms with Crippen molar-refractivity contribution in [2.24, 2.45) is 0 Å². The van der Waals surface area contributed by atoms with Crippen LogP contribution in [0.4, 0.5) is 0 Å². The van der Waals surface area contributed by atoms with Gasteiger partial charge in [-0.2, -0.15) is 5.10 Å². The lowest BCUT2D eigenvalue weighted by molar-refractivity contribution is -0.151. The normalized spacial score (nSPS) is 19.5. The molecular formula is C13H21N5O2. The van der Waals surface area contributed by atoms with Crippen molar-refractivity contribution in [3.8, 4) is 0 Å². The van der Waals surface area contributed by atoms with E-state index in [4.69, 9.17) is 0 Å². The Hall–Kier alpha value is -1.92. The van der Waals surface area contributed by atoms with Crippen molar-refractivity contribution >= 4 is 11.8 Å². The molecule has 0 saturated carbocycles. The van der Waals surface area contributed by atoms with Gasteiger partial charge in [0.1, 0.15) is 18.7 Å². The molecule has 0 bridgehead atoms. The highest BCUT2D eigenvalue weighted by molar-refractivity contribution is 5.88. The van der Waals surface area contributed by atoms with Crippen LogP contribution >= 0.6 is 0 Å². The summed E-state index contributed by atoms with van der Waals surface area (Å²) in [5.74, 6) is 0.0757. The van der Waals surface area contributed by atoms with Crippen molar-refractivity contribution in [3.63, 3.8) is 0 Å². The van der Waals surface area contributed by atoms with E-state index in [1.165, 1.54) is 6.33 Å². The first kappa shape index (κ1) is 14.5. The summed E-state index contributed by atoms with van der Waals surface area (Å²) < 4.78 is 1.63. The first-order chi connectivity index (χ1) is 9.67. The van der Waals surface area contributed by atoms with Gasteiger partial charge in [-0.15, -0.1) is 0 Å². The highest BCUT2D eigenvalue weighted by Crippen LogP contribution is 2.15. The third kappa shape index (κ3) is 2.97. The van der Waals surface area contributed by atoms with E-state index in [1.807, 2.05) is 18.7 Å². The number of aryl methyl sites for hydroxylation is 1. The molecular weight excluding hydrogens is 258 g/mol. The lowest BCUT2D eigenvalue weighted by Crippen LogP contribution is -2.58. The molecule has 1 aliphatic rings. The standard InChI is InChI=1S/C13H21N5O2/c1-3-11-13(20)16(4-2)7-8-18(11)12(19)5-6-17-10-14-9-15-17/h9-11H,3-8H2,1-2H3. The molecule has 0 spiro atoms. The minimum absolute atomic E-state index is 0.0106. The van der Waals surface area contributed by atoms with Gasteiger partial charge in [-0.3, -0.25) is 14.3 Å². The highest BCUT2D eigenvalue weighted by atomic mass is 16.2. The van der Waals surface area contributed by atoms with Gasteiger partial charge in [0.25, 0.3) is 0 Å². The van der Waals surface area contributed by atoms with E-state index in [0.717, 1.165) is 0 Å². The Morgan fingerprint density at radius 1 is 1.40 bits per heavy atom. The Balaban J connectivity index is 1.96. The van der Waals surface area contributed by atoms with Gasteiger partial charge in [-0.1, -0.05) is 6.92 Å². The van der Waals surface area contributed by atoms with E-state index in [9.17, 15) is 9.59 Å². The maximum Gasteiger partial charge on any atom is 0.245 e. The maximum atomic E-state index is 12.3. The highest BCUT2D eigenvalue weighted by Gasteiger charge is 2.35. The molecule has 7 nitrogen and oxygen atoms in total. The summed E-state index contributed by atoms with van der Waals surface area (Å²) in [6.45, 7) is 6.36. The Morgan fingerprint density at radius 3 is 2.80 bits per heavy atom. The molecule has 0 aliphatic carbocycles. The predicted molar refractivity (Wildman–Crippen MR) is 72.7 cm³/mol. The number of hydrogen-bond acceptors (Lipinski definition) is 4. The number of rotatable bonds is 5. The van der Waals surface area contributed by atoms with E-state index in [1.54, 1.807) is 15.9 Å². The van der Waals surface area contributed by atoms with Crippen LogP contribution in [-0.2, 0) is 16.1 Å². The summed E-state index contributed by atoms with van der Waals surface area (Å²) >= 11 is 0. The lowest BCUT2D eigenvalue weighted by atomic mass is 10.1. The van der Waals surface area contributed by atoms with Crippen molar-refractivity contribution in [2.45, 2.75) is 39.3 Å². The second kappa shape index (κ2) is 6.49. The fraction of sp³-hybridized carbons (Fsp3) is 0.692. The quantitative estimate of drug-likeness (QED) is 0.768. The van der Waals surface area contributed by atoms with E-state index < -0.39 is 0 Å². The molecule has 1 aliphatic heterocycles. The fourth-order valence-corrected chi connectivity index (χ4v) is 2.55. The SMILES string of the molecule is CCC1C(=O)N(CC)CCN1C(=O)CCn1cncn1. The third-order valence-electron chi connectivity index (χ3n) is 3.69. The van der Waals surface area contributed by atoms with E-state index in [-0.39, 0.29) is 17.9 Å². The van der Waals surface area contributed by atoms with Gasteiger partial charge in [0.15, 0.2) is 0 Å². The zero-order valence-corrected chi connectivity index (χ0v) is 12.0. The summed E-state index contributed by atoms with van der Waals surface area (Å²) in [6, 6.07) is -0.313. The van der Waals surface area contributed by atoms with Crippen LogP contribution in [0.15, 0.2) is 12.7 Å². The number of amides is 2. The average molecular weight is 279 g/mol. The molecule has 20 heavy (non-hydrogen) atoms. The summed E-state index contributed by atoms with van der Waals surface area (Å²) in [5.41, 5.74) is 0. The molecule has 1 saturated heterocycles. The van der Waals surface area contributed by atoms with Crippen LogP contribution in [0.25, 0.3) is 0 Å². The van der Waals surface area contributed by atoms with E-state index in [0.29, 0.717) is 39.0 Å². The van der Waals surface area contributed by atoms with Crippen LogP contribution in [0.2, 0.25) is 0 Å². The number of piperazine rings is 1. The third-order valence-corrected chi connectivity index (χ3v) is 3.69. The lowest BCUT2D eigenvalue weighted by Gasteiger charge is -2.40. The molecule has 1 aromatic heterocycles. The molecule has 2 heterocycles. The summed E-state index contributed by atoms with van der Waals surface area (Å²) in [5, 5.41) is 3.97. The monoisotopic (exact) mass is 279 g/mol. The topological polar surface area (TPSA) is 71.3 Å². The number of carbonyl (C=O) groups is 2. The predicted octanol–water partition coefficient (Wildman–Crippen LogP) is 0.138. The smallest absolute Gasteiger partial charge is 0.245 e. The number of likely N-dealkylation sites (N-methyl/N-ethyl adjacent to an activating group) is 1. The maximum absolute atomic E-state index is 12.3. The van der Waals surface area contributed by atoms with Crippen molar-refractivity contribution < 1.29 is 9.59 Å². The zero-order valence-electron chi connectivity index (χ0n) is 12.0. The average Bonchev–Trinajstić information content (AvgIpc) is 2.97. The molecule has 7 heteroatoms. The molecule has 0 N–H and O–H groups in total. The van der Waals surface area contributed by atoms with Crippen LogP contribution in [0.1, 0.15) is 26.7 Å². The molecule has 1 unspecified atom stereocenters. The Morgan fingerprint density at radius 2 is 2.20 bits per heavy atom. The van der Waals surface area contributed by atoms with Crippen molar-refractivity contribution in [3.05, 3.63) is 12.7 Å². The van der Waals surface area contributed by atoms with Gasteiger partial charge in [-0.25, -0.2) is 4.98 Å². The van der Waals surface area contributed by atoms with Crippen LogP contribution in [0, 0.1) is 0 Å². The van der Waals surface area contributed by atoms with E-state index in [2.05, 4.69) is 10.1 Å². The number of nitrogens with zero attached hydrogens (tertiary/aromatic N) is 5. The molecule has 1 fully saturated rings. The van der Waals surface area contributed by atoms with Crippen molar-refractivity contribution in [1.82, 2.24) is 24.6 Å². The minimum atomic E-state index is -0.313. The molecule has 1 aromatic rings. The minimum Gasteiger partial charge on any atom is -0.339 e. The molecule has 0 radical (unpaired) electrons.